The number of rotatable bonds is 3. The van der Waals surface area contributed by atoms with E-state index in [1.165, 1.54) is 5.56 Å². The van der Waals surface area contributed by atoms with Crippen LogP contribution in [0.2, 0.25) is 0 Å². The molecule has 98 valence electrons. The molecule has 1 aliphatic heterocycles. The van der Waals surface area contributed by atoms with Crippen LogP contribution < -0.4 is 10.5 Å². The van der Waals surface area contributed by atoms with Crippen molar-refractivity contribution in [3.63, 3.8) is 0 Å². The van der Waals surface area contributed by atoms with Gasteiger partial charge in [0.2, 0.25) is 0 Å². The van der Waals surface area contributed by atoms with Gasteiger partial charge in [-0.05, 0) is 45.3 Å². The lowest BCUT2D eigenvalue weighted by Crippen LogP contribution is -2.14. The Kier molecular flexibility index (Phi) is 3.53. The quantitative estimate of drug-likeness (QED) is 0.946. The third kappa shape index (κ3) is 2.80. The minimum absolute atomic E-state index is 0.0282. The topological polar surface area (TPSA) is 48.1 Å². The molecule has 0 bridgehead atoms. The summed E-state index contributed by atoms with van der Waals surface area (Å²) < 4.78 is 6.49. The zero-order valence-electron chi connectivity index (χ0n) is 10.5. The number of nitrogens with two attached hydrogens (primary N) is 1. The van der Waals surface area contributed by atoms with Gasteiger partial charge in [-0.2, -0.15) is 0 Å². The molecular weight excluding hydrogens is 304 g/mol. The van der Waals surface area contributed by atoms with E-state index in [-0.39, 0.29) is 6.04 Å². The summed E-state index contributed by atoms with van der Waals surface area (Å²) in [5.41, 5.74) is 9.68. The highest BCUT2D eigenvalue weighted by molar-refractivity contribution is 9.10. The van der Waals surface area contributed by atoms with Crippen LogP contribution in [0, 0.1) is 0 Å². The first-order valence-electron chi connectivity index (χ1n) is 6.34. The number of ether oxygens (including phenoxy) is 1. The molecule has 1 aromatic carbocycles. The number of halogens is 1. The summed E-state index contributed by atoms with van der Waals surface area (Å²) in [6.07, 6.45) is 3.53. The summed E-state index contributed by atoms with van der Waals surface area (Å²) in [6, 6.07) is 10.2. The molecular formula is C15H15BrN2O. The second-order valence-electron chi connectivity index (χ2n) is 4.74. The van der Waals surface area contributed by atoms with Crippen molar-refractivity contribution in [3.05, 3.63) is 57.8 Å². The van der Waals surface area contributed by atoms with Crippen LogP contribution in [0.25, 0.3) is 0 Å². The summed E-state index contributed by atoms with van der Waals surface area (Å²) in [6.45, 7) is 0.780. The molecule has 19 heavy (non-hydrogen) atoms. The van der Waals surface area contributed by atoms with Crippen molar-refractivity contribution >= 4 is 15.9 Å². The van der Waals surface area contributed by atoms with Gasteiger partial charge in [-0.3, -0.25) is 4.98 Å². The first-order valence-corrected chi connectivity index (χ1v) is 7.13. The van der Waals surface area contributed by atoms with Crippen molar-refractivity contribution in [2.24, 2.45) is 5.73 Å². The summed E-state index contributed by atoms with van der Waals surface area (Å²) in [5.74, 6) is 0.998. The van der Waals surface area contributed by atoms with Crippen molar-refractivity contribution in [1.82, 2.24) is 4.98 Å². The smallest absolute Gasteiger partial charge is 0.122 e. The van der Waals surface area contributed by atoms with E-state index in [9.17, 15) is 0 Å². The Morgan fingerprint density at radius 1 is 1.32 bits per heavy atom. The molecule has 0 amide bonds. The highest BCUT2D eigenvalue weighted by Crippen LogP contribution is 2.28. The molecule has 1 aromatic heterocycles. The van der Waals surface area contributed by atoms with Gasteiger partial charge >= 0.3 is 0 Å². The Morgan fingerprint density at radius 3 is 3.00 bits per heavy atom. The molecule has 0 radical (unpaired) electrons. The summed E-state index contributed by atoms with van der Waals surface area (Å²) >= 11 is 3.38. The molecule has 2 heterocycles. The lowest BCUT2D eigenvalue weighted by Gasteiger charge is -2.12. The largest absolute Gasteiger partial charge is 0.493 e. The fourth-order valence-electron chi connectivity index (χ4n) is 2.31. The monoisotopic (exact) mass is 318 g/mol. The highest BCUT2D eigenvalue weighted by atomic mass is 79.9. The van der Waals surface area contributed by atoms with Crippen LogP contribution >= 0.6 is 15.9 Å². The van der Waals surface area contributed by atoms with Gasteiger partial charge in [0.1, 0.15) is 5.75 Å². The second-order valence-corrected chi connectivity index (χ2v) is 5.66. The number of nitrogens with zero attached hydrogens (tertiary/aromatic N) is 1. The van der Waals surface area contributed by atoms with Gasteiger partial charge in [0.25, 0.3) is 0 Å². The van der Waals surface area contributed by atoms with Gasteiger partial charge in [-0.1, -0.05) is 12.1 Å². The van der Waals surface area contributed by atoms with Crippen molar-refractivity contribution in [2.45, 2.75) is 18.9 Å². The fourth-order valence-corrected chi connectivity index (χ4v) is 2.54. The van der Waals surface area contributed by atoms with Gasteiger partial charge in [-0.15, -0.1) is 0 Å². The SMILES string of the molecule is NC(Cc1ccc(Br)cn1)c1ccc2c(c1)CCO2. The summed E-state index contributed by atoms with van der Waals surface area (Å²) in [5, 5.41) is 0. The minimum Gasteiger partial charge on any atom is -0.493 e. The molecule has 3 nitrogen and oxygen atoms in total. The predicted octanol–water partition coefficient (Wildman–Crippen LogP) is 3.02. The van der Waals surface area contributed by atoms with Crippen molar-refractivity contribution in [2.75, 3.05) is 6.61 Å². The molecule has 0 saturated carbocycles. The van der Waals surface area contributed by atoms with E-state index in [1.54, 1.807) is 6.20 Å². The van der Waals surface area contributed by atoms with Gasteiger partial charge in [0.15, 0.2) is 0 Å². The number of pyridine rings is 1. The minimum atomic E-state index is -0.0282. The predicted molar refractivity (Wildman–Crippen MR) is 78.2 cm³/mol. The van der Waals surface area contributed by atoms with Gasteiger partial charge in [0.05, 0.1) is 6.61 Å². The Labute approximate surface area is 120 Å². The maximum absolute atomic E-state index is 6.27. The first-order chi connectivity index (χ1) is 9.22. The zero-order valence-corrected chi connectivity index (χ0v) is 12.1. The Balaban J connectivity index is 1.76. The van der Waals surface area contributed by atoms with E-state index in [2.05, 4.69) is 27.0 Å². The number of fused-ring (bicyclic) bond motifs is 1. The molecule has 0 spiro atoms. The van der Waals surface area contributed by atoms with Crippen LogP contribution in [0.1, 0.15) is 22.9 Å². The maximum atomic E-state index is 6.27. The van der Waals surface area contributed by atoms with Crippen LogP contribution in [-0.2, 0) is 12.8 Å². The number of hydrogen-bond acceptors (Lipinski definition) is 3. The van der Waals surface area contributed by atoms with Gasteiger partial charge in [0, 0.05) is 35.2 Å². The standard InChI is InChI=1S/C15H15BrN2O/c16-12-2-3-13(18-9-12)8-14(17)10-1-4-15-11(7-10)5-6-19-15/h1-4,7,9,14H,5-6,8,17H2. The Hall–Kier alpha value is -1.39. The molecule has 1 aliphatic rings. The third-order valence-corrected chi connectivity index (χ3v) is 3.83. The van der Waals surface area contributed by atoms with Gasteiger partial charge in [-0.25, -0.2) is 0 Å². The molecule has 1 atom stereocenters. The molecule has 0 saturated heterocycles. The molecule has 2 aromatic rings. The number of benzene rings is 1. The van der Waals surface area contributed by atoms with Crippen molar-refractivity contribution < 1.29 is 4.74 Å². The normalized spacial score (nSPS) is 14.8. The number of hydrogen-bond donors (Lipinski definition) is 1. The van der Waals surface area contributed by atoms with E-state index < -0.39 is 0 Å². The average molecular weight is 319 g/mol. The maximum Gasteiger partial charge on any atom is 0.122 e. The van der Waals surface area contributed by atoms with Crippen molar-refractivity contribution in [1.29, 1.82) is 0 Å². The summed E-state index contributed by atoms with van der Waals surface area (Å²) in [7, 11) is 0. The Morgan fingerprint density at radius 2 is 2.21 bits per heavy atom. The molecule has 1 unspecified atom stereocenters. The Bertz CT molecular complexity index is 583. The molecule has 4 heteroatoms. The lowest BCUT2D eigenvalue weighted by atomic mass is 9.99. The molecule has 2 N–H and O–H groups in total. The molecule has 3 rings (SSSR count). The lowest BCUT2D eigenvalue weighted by molar-refractivity contribution is 0.357. The van der Waals surface area contributed by atoms with Crippen molar-refractivity contribution in [3.8, 4) is 5.75 Å². The summed E-state index contributed by atoms with van der Waals surface area (Å²) in [4.78, 5) is 4.36. The van der Waals surface area contributed by atoms with Crippen LogP contribution in [-0.4, -0.2) is 11.6 Å². The second kappa shape index (κ2) is 5.31. The van der Waals surface area contributed by atoms with Gasteiger partial charge < -0.3 is 10.5 Å². The van der Waals surface area contributed by atoms with E-state index in [4.69, 9.17) is 10.5 Å². The molecule has 0 fully saturated rings. The highest BCUT2D eigenvalue weighted by Gasteiger charge is 2.15. The van der Waals surface area contributed by atoms with E-state index >= 15 is 0 Å². The third-order valence-electron chi connectivity index (χ3n) is 3.36. The van der Waals surface area contributed by atoms with E-state index in [0.29, 0.717) is 0 Å². The van der Waals surface area contributed by atoms with Crippen LogP contribution in [0.5, 0.6) is 5.75 Å². The fraction of sp³-hybridized carbons (Fsp3) is 0.267. The van der Waals surface area contributed by atoms with Crippen LogP contribution in [0.3, 0.4) is 0 Å². The first kappa shape index (κ1) is 12.6. The average Bonchev–Trinajstić information content (AvgIpc) is 2.88. The zero-order chi connectivity index (χ0) is 13.2. The molecule has 0 aliphatic carbocycles. The van der Waals surface area contributed by atoms with Crippen LogP contribution in [0.4, 0.5) is 0 Å². The van der Waals surface area contributed by atoms with E-state index in [1.807, 2.05) is 24.3 Å². The number of aromatic nitrogens is 1. The van der Waals surface area contributed by atoms with Crippen LogP contribution in [0.15, 0.2) is 41.0 Å². The van der Waals surface area contributed by atoms with E-state index in [0.717, 1.165) is 40.9 Å².